The molecule has 0 atom stereocenters. The van der Waals surface area contributed by atoms with Crippen LogP contribution in [0.2, 0.25) is 0 Å². The molecule has 0 aliphatic carbocycles. The maximum absolute atomic E-state index is 12.9. The van der Waals surface area contributed by atoms with Gasteiger partial charge < -0.3 is 10.1 Å². The minimum Gasteiger partial charge on any atom is -0.452 e. The Hall–Kier alpha value is -3.74. The Morgan fingerprint density at radius 3 is 2.43 bits per heavy atom. The zero-order chi connectivity index (χ0) is 21.5. The van der Waals surface area contributed by atoms with E-state index in [9.17, 15) is 14.4 Å². The smallest absolute Gasteiger partial charge is 0.339 e. The number of ether oxygens (including phenoxy) is 1. The third-order valence-electron chi connectivity index (χ3n) is 4.51. The zero-order valence-electron chi connectivity index (χ0n) is 16.9. The second-order valence-electron chi connectivity index (χ2n) is 6.72. The van der Waals surface area contributed by atoms with E-state index >= 15 is 0 Å². The maximum atomic E-state index is 12.9. The molecule has 154 valence electrons. The van der Waals surface area contributed by atoms with Crippen LogP contribution in [-0.4, -0.2) is 36.0 Å². The molecule has 0 aliphatic rings. The lowest BCUT2D eigenvalue weighted by Crippen LogP contribution is -2.41. The predicted octanol–water partition coefficient (Wildman–Crippen LogP) is 3.60. The molecule has 2 aromatic carbocycles. The summed E-state index contributed by atoms with van der Waals surface area (Å²) in [5.41, 5.74) is 3.20. The van der Waals surface area contributed by atoms with Crippen molar-refractivity contribution >= 4 is 28.8 Å². The number of nitrogens with zero attached hydrogens (tertiary/aromatic N) is 1. The Balaban J connectivity index is 1.86. The van der Waals surface area contributed by atoms with Crippen molar-refractivity contribution in [2.75, 3.05) is 13.2 Å². The monoisotopic (exact) mass is 405 g/mol. The molecule has 2 N–H and O–H groups in total. The van der Waals surface area contributed by atoms with E-state index in [1.165, 1.54) is 0 Å². The number of fused-ring (bicyclic) bond motifs is 1. The van der Waals surface area contributed by atoms with Crippen LogP contribution >= 0.6 is 0 Å². The number of esters is 1. The number of nitrogens with one attached hydrogen (secondary N) is 2. The molecule has 0 bridgehead atoms. The molecule has 1 heterocycles. The van der Waals surface area contributed by atoms with Gasteiger partial charge in [-0.05, 0) is 25.0 Å². The molecule has 3 aromatic rings. The van der Waals surface area contributed by atoms with Gasteiger partial charge in [0.1, 0.15) is 0 Å². The third-order valence-corrected chi connectivity index (χ3v) is 4.51. The number of aromatic nitrogens is 1. The van der Waals surface area contributed by atoms with E-state index in [2.05, 4.69) is 10.6 Å². The molecule has 0 saturated carbocycles. The van der Waals surface area contributed by atoms with Gasteiger partial charge in [0.05, 0.1) is 16.8 Å². The van der Waals surface area contributed by atoms with Crippen LogP contribution in [0, 0.1) is 6.92 Å². The largest absolute Gasteiger partial charge is 0.452 e. The molecule has 0 fully saturated rings. The van der Waals surface area contributed by atoms with Gasteiger partial charge in [-0.15, -0.1) is 0 Å². The van der Waals surface area contributed by atoms with Gasteiger partial charge >= 0.3 is 12.0 Å². The molecule has 1 aromatic heterocycles. The van der Waals surface area contributed by atoms with Crippen LogP contribution in [0.4, 0.5) is 4.79 Å². The van der Waals surface area contributed by atoms with Crippen molar-refractivity contribution < 1.29 is 19.1 Å². The summed E-state index contributed by atoms with van der Waals surface area (Å²) in [5, 5.41) is 5.29. The molecule has 30 heavy (non-hydrogen) atoms. The van der Waals surface area contributed by atoms with Gasteiger partial charge in [-0.25, -0.2) is 14.6 Å². The fourth-order valence-electron chi connectivity index (χ4n) is 3.10. The molecule has 0 saturated heterocycles. The van der Waals surface area contributed by atoms with Crippen LogP contribution in [0.1, 0.15) is 29.3 Å². The van der Waals surface area contributed by atoms with Gasteiger partial charge in [0.15, 0.2) is 6.61 Å². The summed E-state index contributed by atoms with van der Waals surface area (Å²) < 4.78 is 5.22. The van der Waals surface area contributed by atoms with Crippen LogP contribution in [0.15, 0.2) is 54.6 Å². The SMILES string of the molecule is CCCNC(=O)NC(=O)COC(=O)c1c(C)c(-c2ccccc2)nc2ccccc12. The molecule has 7 nitrogen and oxygen atoms in total. The fraction of sp³-hybridized carbons (Fsp3) is 0.217. The standard InChI is InChI=1S/C23H23N3O4/c1-3-13-24-23(29)26-19(27)14-30-22(28)20-15(2)21(16-9-5-4-6-10-16)25-18-12-8-7-11-17(18)20/h4-12H,3,13-14H2,1-2H3,(H2,24,26,27,29). The van der Waals surface area contributed by atoms with Gasteiger partial charge in [-0.1, -0.05) is 55.5 Å². The number of pyridine rings is 1. The van der Waals surface area contributed by atoms with Gasteiger partial charge in [-0.2, -0.15) is 0 Å². The van der Waals surface area contributed by atoms with Gasteiger partial charge in [0, 0.05) is 17.5 Å². The Kier molecular flexibility index (Phi) is 6.75. The van der Waals surface area contributed by atoms with Crippen molar-refractivity contribution in [2.45, 2.75) is 20.3 Å². The number of rotatable bonds is 6. The second-order valence-corrected chi connectivity index (χ2v) is 6.72. The van der Waals surface area contributed by atoms with Crippen molar-refractivity contribution in [3.8, 4) is 11.3 Å². The van der Waals surface area contributed by atoms with Gasteiger partial charge in [0.25, 0.3) is 5.91 Å². The van der Waals surface area contributed by atoms with Crippen LogP contribution in [0.3, 0.4) is 0 Å². The van der Waals surface area contributed by atoms with Crippen molar-refractivity contribution in [3.63, 3.8) is 0 Å². The first-order valence-electron chi connectivity index (χ1n) is 9.70. The van der Waals surface area contributed by atoms with E-state index in [0.717, 1.165) is 12.0 Å². The molecule has 7 heteroatoms. The van der Waals surface area contributed by atoms with Gasteiger partial charge in [0.2, 0.25) is 0 Å². The van der Waals surface area contributed by atoms with Crippen molar-refractivity contribution in [2.24, 2.45) is 0 Å². The number of benzene rings is 2. The second kappa shape index (κ2) is 9.65. The van der Waals surface area contributed by atoms with Crippen LogP contribution in [0.25, 0.3) is 22.2 Å². The van der Waals surface area contributed by atoms with Crippen molar-refractivity contribution in [1.29, 1.82) is 0 Å². The first-order chi connectivity index (χ1) is 14.5. The molecular weight excluding hydrogens is 382 g/mol. The number of hydrogen-bond acceptors (Lipinski definition) is 5. The Bertz CT molecular complexity index is 1080. The Morgan fingerprint density at radius 2 is 1.70 bits per heavy atom. The molecule has 0 spiro atoms. The number of amides is 3. The predicted molar refractivity (Wildman–Crippen MR) is 114 cm³/mol. The highest BCUT2D eigenvalue weighted by Crippen LogP contribution is 2.30. The topological polar surface area (TPSA) is 97.4 Å². The molecular formula is C23H23N3O4. The Labute approximate surface area is 174 Å². The summed E-state index contributed by atoms with van der Waals surface area (Å²) in [6.45, 7) is 3.59. The zero-order valence-corrected chi connectivity index (χ0v) is 16.9. The summed E-state index contributed by atoms with van der Waals surface area (Å²) in [6, 6.07) is 16.2. The van der Waals surface area contributed by atoms with E-state index in [1.807, 2.05) is 55.5 Å². The normalized spacial score (nSPS) is 10.5. The van der Waals surface area contributed by atoms with Crippen LogP contribution < -0.4 is 10.6 Å². The summed E-state index contributed by atoms with van der Waals surface area (Å²) in [6.07, 6.45) is 0.745. The number of hydrogen-bond donors (Lipinski definition) is 2. The quantitative estimate of drug-likeness (QED) is 0.611. The summed E-state index contributed by atoms with van der Waals surface area (Å²) in [7, 11) is 0. The minimum absolute atomic E-state index is 0.350. The molecule has 0 aliphatic heterocycles. The first-order valence-corrected chi connectivity index (χ1v) is 9.70. The lowest BCUT2D eigenvalue weighted by molar-refractivity contribution is -0.123. The molecule has 0 radical (unpaired) electrons. The van der Waals surface area contributed by atoms with E-state index in [1.54, 1.807) is 13.0 Å². The summed E-state index contributed by atoms with van der Waals surface area (Å²) in [4.78, 5) is 41.1. The molecule has 3 amide bonds. The highest BCUT2D eigenvalue weighted by atomic mass is 16.5. The van der Waals surface area contributed by atoms with E-state index in [-0.39, 0.29) is 0 Å². The average Bonchev–Trinajstić information content (AvgIpc) is 2.76. The Morgan fingerprint density at radius 1 is 1.00 bits per heavy atom. The lowest BCUT2D eigenvalue weighted by atomic mass is 9.98. The first kappa shape index (κ1) is 21.0. The molecule has 0 unspecified atom stereocenters. The van der Waals surface area contributed by atoms with E-state index in [0.29, 0.717) is 34.3 Å². The molecule has 3 rings (SSSR count). The third kappa shape index (κ3) is 4.81. The minimum atomic E-state index is -0.698. The average molecular weight is 405 g/mol. The number of urea groups is 1. The fourth-order valence-corrected chi connectivity index (χ4v) is 3.10. The number of imide groups is 1. The van der Waals surface area contributed by atoms with Crippen LogP contribution in [0.5, 0.6) is 0 Å². The van der Waals surface area contributed by atoms with E-state index < -0.39 is 24.5 Å². The highest BCUT2D eigenvalue weighted by molar-refractivity contribution is 6.07. The number of para-hydroxylation sites is 1. The van der Waals surface area contributed by atoms with Crippen LogP contribution in [-0.2, 0) is 9.53 Å². The van der Waals surface area contributed by atoms with E-state index in [4.69, 9.17) is 9.72 Å². The summed E-state index contributed by atoms with van der Waals surface area (Å²) in [5.74, 6) is -1.34. The van der Waals surface area contributed by atoms with Crippen molar-refractivity contribution in [3.05, 3.63) is 65.7 Å². The van der Waals surface area contributed by atoms with Crippen molar-refractivity contribution in [1.82, 2.24) is 15.6 Å². The highest BCUT2D eigenvalue weighted by Gasteiger charge is 2.21. The number of carbonyl (C=O) groups is 3. The summed E-state index contributed by atoms with van der Waals surface area (Å²) >= 11 is 0. The maximum Gasteiger partial charge on any atom is 0.339 e. The lowest BCUT2D eigenvalue weighted by Gasteiger charge is -2.14. The van der Waals surface area contributed by atoms with Gasteiger partial charge in [-0.3, -0.25) is 10.1 Å². The number of carbonyl (C=O) groups excluding carboxylic acids is 3.